The second-order valence-corrected chi connectivity index (χ2v) is 5.07. The van der Waals surface area contributed by atoms with Crippen LogP contribution in [-0.4, -0.2) is 22.8 Å². The highest BCUT2D eigenvalue weighted by Gasteiger charge is 2.15. The normalized spacial score (nSPS) is 20.9. The van der Waals surface area contributed by atoms with Gasteiger partial charge in [0.1, 0.15) is 0 Å². The Hall–Kier alpha value is -1.35. The second-order valence-electron chi connectivity index (χ2n) is 5.07. The van der Waals surface area contributed by atoms with Crippen LogP contribution in [0.2, 0.25) is 0 Å². The smallest absolute Gasteiger partial charge is 0.0923 e. The predicted octanol–water partition coefficient (Wildman–Crippen LogP) is 2.56. The van der Waals surface area contributed by atoms with Crippen LogP contribution in [-0.2, 0) is 6.42 Å². The van der Waals surface area contributed by atoms with E-state index in [1.165, 1.54) is 35.9 Å². The maximum atomic E-state index is 4.37. The first-order valence-electron chi connectivity index (χ1n) is 6.50. The van der Waals surface area contributed by atoms with Crippen LogP contribution < -0.4 is 5.32 Å². The minimum absolute atomic E-state index is 0.618. The van der Waals surface area contributed by atoms with Crippen molar-refractivity contribution in [3.05, 3.63) is 29.5 Å². The summed E-state index contributed by atoms with van der Waals surface area (Å²) in [6, 6.07) is 7.06. The maximum Gasteiger partial charge on any atom is 0.0923 e. The molecule has 1 atom stereocenters. The molecular formula is C14H19N3. The summed E-state index contributed by atoms with van der Waals surface area (Å²) in [5.41, 5.74) is 3.67. The first-order valence-corrected chi connectivity index (χ1v) is 6.50. The van der Waals surface area contributed by atoms with Crippen molar-refractivity contribution in [1.82, 2.24) is 15.5 Å². The lowest BCUT2D eigenvalue weighted by Crippen LogP contribution is -2.35. The molecule has 1 fully saturated rings. The van der Waals surface area contributed by atoms with Crippen molar-refractivity contribution in [2.24, 2.45) is 0 Å². The van der Waals surface area contributed by atoms with Crippen molar-refractivity contribution < 1.29 is 0 Å². The molecule has 1 saturated heterocycles. The van der Waals surface area contributed by atoms with Crippen molar-refractivity contribution in [2.45, 2.75) is 38.6 Å². The van der Waals surface area contributed by atoms with E-state index in [1.54, 1.807) is 0 Å². The van der Waals surface area contributed by atoms with Gasteiger partial charge in [-0.2, -0.15) is 5.10 Å². The van der Waals surface area contributed by atoms with Gasteiger partial charge in [-0.15, -0.1) is 0 Å². The highest BCUT2D eigenvalue weighted by Crippen LogP contribution is 2.20. The third-order valence-electron chi connectivity index (χ3n) is 3.65. The standard InChI is InChI=1S/C14H19N3/c1-10-5-6-13-12(8-10)14(17-16-13)9-11-4-2-3-7-15-11/h5-6,8,11,15H,2-4,7,9H2,1H3,(H,16,17). The van der Waals surface area contributed by atoms with Crippen molar-refractivity contribution >= 4 is 10.9 Å². The second kappa shape index (κ2) is 4.49. The number of piperidine rings is 1. The zero-order chi connectivity index (χ0) is 11.7. The van der Waals surface area contributed by atoms with Crippen molar-refractivity contribution in [2.75, 3.05) is 6.54 Å². The van der Waals surface area contributed by atoms with E-state index in [0.717, 1.165) is 18.5 Å². The van der Waals surface area contributed by atoms with Gasteiger partial charge in [-0.05, 0) is 38.4 Å². The summed E-state index contributed by atoms with van der Waals surface area (Å²) < 4.78 is 0. The van der Waals surface area contributed by atoms with Crippen LogP contribution in [0.1, 0.15) is 30.5 Å². The quantitative estimate of drug-likeness (QED) is 0.831. The van der Waals surface area contributed by atoms with Gasteiger partial charge < -0.3 is 5.32 Å². The molecule has 0 radical (unpaired) electrons. The molecule has 2 N–H and O–H groups in total. The fourth-order valence-electron chi connectivity index (χ4n) is 2.68. The average Bonchev–Trinajstić information content (AvgIpc) is 2.73. The Morgan fingerprint density at radius 2 is 2.29 bits per heavy atom. The largest absolute Gasteiger partial charge is 0.314 e. The minimum Gasteiger partial charge on any atom is -0.314 e. The molecule has 0 amide bonds. The first-order chi connectivity index (χ1) is 8.33. The lowest BCUT2D eigenvalue weighted by atomic mass is 9.99. The number of aromatic nitrogens is 2. The number of nitrogens with one attached hydrogen (secondary N) is 2. The molecule has 0 aliphatic carbocycles. The van der Waals surface area contributed by atoms with Crippen LogP contribution >= 0.6 is 0 Å². The molecule has 1 unspecified atom stereocenters. The highest BCUT2D eigenvalue weighted by molar-refractivity contribution is 5.82. The SMILES string of the molecule is Cc1ccc2n[nH]c(CC3CCCCN3)c2c1. The van der Waals surface area contributed by atoms with Crippen molar-refractivity contribution in [1.29, 1.82) is 0 Å². The maximum absolute atomic E-state index is 4.37. The number of benzene rings is 1. The number of hydrogen-bond acceptors (Lipinski definition) is 2. The molecule has 1 aliphatic heterocycles. The van der Waals surface area contributed by atoms with Gasteiger partial charge in [-0.25, -0.2) is 0 Å². The predicted molar refractivity (Wildman–Crippen MR) is 70.2 cm³/mol. The van der Waals surface area contributed by atoms with E-state index in [2.05, 4.69) is 40.6 Å². The van der Waals surface area contributed by atoms with Gasteiger partial charge in [-0.1, -0.05) is 18.1 Å². The number of nitrogens with zero attached hydrogens (tertiary/aromatic N) is 1. The Bertz CT molecular complexity index is 509. The van der Waals surface area contributed by atoms with Crippen LogP contribution in [0.4, 0.5) is 0 Å². The van der Waals surface area contributed by atoms with Gasteiger partial charge in [-0.3, -0.25) is 5.10 Å². The summed E-state index contributed by atoms with van der Waals surface area (Å²) in [4.78, 5) is 0. The third-order valence-corrected chi connectivity index (χ3v) is 3.65. The molecule has 1 aromatic heterocycles. The monoisotopic (exact) mass is 229 g/mol. The van der Waals surface area contributed by atoms with E-state index in [9.17, 15) is 0 Å². The van der Waals surface area contributed by atoms with Crippen LogP contribution in [0.5, 0.6) is 0 Å². The molecule has 2 aromatic rings. The van der Waals surface area contributed by atoms with E-state index in [-0.39, 0.29) is 0 Å². The number of hydrogen-bond donors (Lipinski definition) is 2. The summed E-state index contributed by atoms with van der Waals surface area (Å²) in [6.07, 6.45) is 5.02. The molecule has 3 nitrogen and oxygen atoms in total. The first kappa shape index (κ1) is 10.8. The number of aromatic amines is 1. The molecule has 3 rings (SSSR count). The Kier molecular flexibility index (Phi) is 2.85. The molecule has 90 valence electrons. The Morgan fingerprint density at radius 1 is 1.35 bits per heavy atom. The molecular weight excluding hydrogens is 210 g/mol. The molecule has 1 aromatic carbocycles. The van der Waals surface area contributed by atoms with Crippen LogP contribution in [0.15, 0.2) is 18.2 Å². The number of rotatable bonds is 2. The summed E-state index contributed by atoms with van der Waals surface area (Å²) in [6.45, 7) is 3.30. The number of fused-ring (bicyclic) bond motifs is 1. The Labute approximate surface area is 102 Å². The average molecular weight is 229 g/mol. The molecule has 1 aliphatic rings. The van der Waals surface area contributed by atoms with Crippen molar-refractivity contribution in [3.8, 4) is 0 Å². The van der Waals surface area contributed by atoms with Gasteiger partial charge in [0.15, 0.2) is 0 Å². The lowest BCUT2D eigenvalue weighted by Gasteiger charge is -2.22. The van der Waals surface area contributed by atoms with Crippen LogP contribution in [0, 0.1) is 6.92 Å². The fraction of sp³-hybridized carbons (Fsp3) is 0.500. The minimum atomic E-state index is 0.618. The summed E-state index contributed by atoms with van der Waals surface area (Å²) >= 11 is 0. The van der Waals surface area contributed by atoms with E-state index >= 15 is 0 Å². The van der Waals surface area contributed by atoms with E-state index in [4.69, 9.17) is 0 Å². The van der Waals surface area contributed by atoms with Gasteiger partial charge >= 0.3 is 0 Å². The molecule has 0 spiro atoms. The molecule has 17 heavy (non-hydrogen) atoms. The van der Waals surface area contributed by atoms with Gasteiger partial charge in [0.2, 0.25) is 0 Å². The summed E-state index contributed by atoms with van der Waals surface area (Å²) in [5, 5.41) is 12.4. The third kappa shape index (κ3) is 2.20. The molecule has 0 bridgehead atoms. The Balaban J connectivity index is 1.86. The van der Waals surface area contributed by atoms with E-state index in [0.29, 0.717) is 6.04 Å². The summed E-state index contributed by atoms with van der Waals surface area (Å²) in [5.74, 6) is 0. The van der Waals surface area contributed by atoms with Crippen LogP contribution in [0.25, 0.3) is 10.9 Å². The number of H-pyrrole nitrogens is 1. The zero-order valence-corrected chi connectivity index (χ0v) is 10.3. The zero-order valence-electron chi connectivity index (χ0n) is 10.3. The van der Waals surface area contributed by atoms with E-state index in [1.807, 2.05) is 0 Å². The fourth-order valence-corrected chi connectivity index (χ4v) is 2.68. The van der Waals surface area contributed by atoms with Crippen LogP contribution in [0.3, 0.4) is 0 Å². The van der Waals surface area contributed by atoms with Gasteiger partial charge in [0.05, 0.1) is 5.52 Å². The molecule has 2 heterocycles. The highest BCUT2D eigenvalue weighted by atomic mass is 15.1. The Morgan fingerprint density at radius 3 is 3.12 bits per heavy atom. The topological polar surface area (TPSA) is 40.7 Å². The summed E-state index contributed by atoms with van der Waals surface area (Å²) in [7, 11) is 0. The lowest BCUT2D eigenvalue weighted by molar-refractivity contribution is 0.397. The van der Waals surface area contributed by atoms with Gasteiger partial charge in [0, 0.05) is 23.5 Å². The number of aryl methyl sites for hydroxylation is 1. The van der Waals surface area contributed by atoms with Crippen molar-refractivity contribution in [3.63, 3.8) is 0 Å². The molecule has 3 heteroatoms. The van der Waals surface area contributed by atoms with Gasteiger partial charge in [0.25, 0.3) is 0 Å². The van der Waals surface area contributed by atoms with E-state index < -0.39 is 0 Å². The molecule has 0 saturated carbocycles.